The van der Waals surface area contributed by atoms with Crippen molar-refractivity contribution >= 4 is 17.7 Å². The van der Waals surface area contributed by atoms with Crippen LogP contribution in [0.15, 0.2) is 22.6 Å². The fraction of sp³-hybridized carbons (Fsp3) is 0.200. The van der Waals surface area contributed by atoms with Crippen LogP contribution < -0.4 is 20.5 Å². The zero-order valence-corrected chi connectivity index (χ0v) is 9.43. The number of rotatable bonds is 4. The molecule has 1 heterocycles. The van der Waals surface area contributed by atoms with Crippen molar-refractivity contribution in [3.8, 4) is 11.5 Å². The second-order valence-electron chi connectivity index (χ2n) is 3.14. The van der Waals surface area contributed by atoms with Gasteiger partial charge in [0.1, 0.15) is 11.5 Å². The fourth-order valence-electron chi connectivity index (χ4n) is 1.30. The van der Waals surface area contributed by atoms with Crippen molar-refractivity contribution in [2.24, 2.45) is 0 Å². The Morgan fingerprint density at radius 1 is 1.24 bits per heavy atom. The summed E-state index contributed by atoms with van der Waals surface area (Å²) in [6, 6.07) is 5.50. The highest BCUT2D eigenvalue weighted by atomic mass is 16.5. The van der Waals surface area contributed by atoms with Crippen LogP contribution in [0.4, 0.5) is 17.7 Å². The average Bonchev–Trinajstić information content (AvgIpc) is 2.75. The van der Waals surface area contributed by atoms with E-state index in [9.17, 15) is 0 Å². The molecular weight excluding hydrogens is 224 g/mol. The van der Waals surface area contributed by atoms with Crippen molar-refractivity contribution in [1.29, 1.82) is 0 Å². The van der Waals surface area contributed by atoms with Gasteiger partial charge in [0, 0.05) is 6.07 Å². The Labute approximate surface area is 97.5 Å². The van der Waals surface area contributed by atoms with Crippen molar-refractivity contribution in [2.45, 2.75) is 0 Å². The topological polar surface area (TPSA) is 95.4 Å². The van der Waals surface area contributed by atoms with Gasteiger partial charge in [-0.05, 0) is 12.1 Å². The summed E-state index contributed by atoms with van der Waals surface area (Å²) in [6.07, 6.45) is 0. The molecule has 0 saturated heterocycles. The van der Waals surface area contributed by atoms with Gasteiger partial charge in [-0.3, -0.25) is 0 Å². The second-order valence-corrected chi connectivity index (χ2v) is 3.14. The maximum absolute atomic E-state index is 5.32. The standard InChI is InChI=1S/C10H12N4O3/c1-15-6-3-4-7(8(5-6)16-2)12-10-14-13-9(11)17-10/h3-5H,1-2H3,(H2,11,13)(H,12,14). The Morgan fingerprint density at radius 2 is 2.06 bits per heavy atom. The first-order valence-electron chi connectivity index (χ1n) is 4.81. The van der Waals surface area contributed by atoms with Crippen LogP contribution in [0.2, 0.25) is 0 Å². The maximum atomic E-state index is 5.32. The van der Waals surface area contributed by atoms with E-state index in [0.29, 0.717) is 17.2 Å². The number of aromatic nitrogens is 2. The normalized spacial score (nSPS) is 10.0. The van der Waals surface area contributed by atoms with Crippen LogP contribution >= 0.6 is 0 Å². The highest BCUT2D eigenvalue weighted by Gasteiger charge is 2.08. The molecule has 0 atom stereocenters. The summed E-state index contributed by atoms with van der Waals surface area (Å²) in [6.45, 7) is 0. The Balaban J connectivity index is 2.26. The van der Waals surface area contributed by atoms with E-state index in [1.54, 1.807) is 32.4 Å². The molecule has 0 spiro atoms. The molecule has 0 aliphatic rings. The van der Waals surface area contributed by atoms with Gasteiger partial charge in [-0.25, -0.2) is 0 Å². The van der Waals surface area contributed by atoms with Crippen molar-refractivity contribution in [3.63, 3.8) is 0 Å². The minimum atomic E-state index is -0.0000199. The van der Waals surface area contributed by atoms with Gasteiger partial charge in [-0.1, -0.05) is 10.2 Å². The Hall–Kier alpha value is -2.44. The lowest BCUT2D eigenvalue weighted by atomic mass is 10.2. The number of methoxy groups -OCH3 is 2. The summed E-state index contributed by atoms with van der Waals surface area (Å²) in [5.74, 6) is 1.29. The van der Waals surface area contributed by atoms with E-state index in [-0.39, 0.29) is 12.0 Å². The van der Waals surface area contributed by atoms with Crippen molar-refractivity contribution in [3.05, 3.63) is 18.2 Å². The number of nitrogens with zero attached hydrogens (tertiary/aromatic N) is 2. The highest BCUT2D eigenvalue weighted by Crippen LogP contribution is 2.31. The van der Waals surface area contributed by atoms with Crippen LogP contribution in [0.3, 0.4) is 0 Å². The van der Waals surface area contributed by atoms with Crippen LogP contribution in [0.1, 0.15) is 0 Å². The van der Waals surface area contributed by atoms with Crippen molar-refractivity contribution in [1.82, 2.24) is 10.2 Å². The number of nitrogens with two attached hydrogens (primary N) is 1. The van der Waals surface area contributed by atoms with Gasteiger partial charge in [-0.15, -0.1) is 0 Å². The molecule has 7 heteroatoms. The molecule has 0 saturated carbocycles. The molecule has 0 aliphatic carbocycles. The highest BCUT2D eigenvalue weighted by molar-refractivity contribution is 5.63. The lowest BCUT2D eigenvalue weighted by Crippen LogP contribution is -1.95. The molecule has 2 rings (SSSR count). The zero-order chi connectivity index (χ0) is 12.3. The number of nitrogens with one attached hydrogen (secondary N) is 1. The molecule has 0 bridgehead atoms. The zero-order valence-electron chi connectivity index (χ0n) is 9.43. The molecule has 1 aromatic carbocycles. The van der Waals surface area contributed by atoms with E-state index in [1.165, 1.54) is 0 Å². The SMILES string of the molecule is COc1ccc(Nc2nnc(N)o2)c(OC)c1. The van der Waals surface area contributed by atoms with E-state index in [0.717, 1.165) is 0 Å². The lowest BCUT2D eigenvalue weighted by molar-refractivity contribution is 0.395. The first-order valence-corrected chi connectivity index (χ1v) is 4.81. The quantitative estimate of drug-likeness (QED) is 0.828. The molecule has 3 N–H and O–H groups in total. The fourth-order valence-corrected chi connectivity index (χ4v) is 1.30. The molecule has 90 valence electrons. The number of hydrogen-bond donors (Lipinski definition) is 2. The summed E-state index contributed by atoms with van der Waals surface area (Å²) in [5.41, 5.74) is 5.99. The monoisotopic (exact) mass is 236 g/mol. The largest absolute Gasteiger partial charge is 0.497 e. The second kappa shape index (κ2) is 4.60. The number of ether oxygens (including phenoxy) is 2. The summed E-state index contributed by atoms with van der Waals surface area (Å²) < 4.78 is 15.3. The van der Waals surface area contributed by atoms with Gasteiger partial charge in [0.05, 0.1) is 19.9 Å². The van der Waals surface area contributed by atoms with Gasteiger partial charge in [0.2, 0.25) is 0 Å². The number of anilines is 3. The molecule has 0 aliphatic heterocycles. The van der Waals surface area contributed by atoms with Crippen molar-refractivity contribution < 1.29 is 13.9 Å². The van der Waals surface area contributed by atoms with E-state index >= 15 is 0 Å². The predicted octanol–water partition coefficient (Wildman–Crippen LogP) is 1.41. The third-order valence-electron chi connectivity index (χ3n) is 2.09. The molecule has 2 aromatic rings. The summed E-state index contributed by atoms with van der Waals surface area (Å²) in [7, 11) is 3.14. The van der Waals surface area contributed by atoms with E-state index in [4.69, 9.17) is 19.6 Å². The molecule has 0 unspecified atom stereocenters. The van der Waals surface area contributed by atoms with Crippen LogP contribution in [-0.4, -0.2) is 24.4 Å². The summed E-state index contributed by atoms with van der Waals surface area (Å²) in [5, 5.41) is 10.1. The average molecular weight is 236 g/mol. The van der Waals surface area contributed by atoms with Gasteiger partial charge in [0.25, 0.3) is 0 Å². The molecule has 7 nitrogen and oxygen atoms in total. The Bertz CT molecular complexity index is 512. The minimum Gasteiger partial charge on any atom is -0.497 e. The van der Waals surface area contributed by atoms with Crippen molar-refractivity contribution in [2.75, 3.05) is 25.3 Å². The molecule has 0 amide bonds. The third kappa shape index (κ3) is 2.39. The van der Waals surface area contributed by atoms with Crippen LogP contribution in [0.25, 0.3) is 0 Å². The van der Waals surface area contributed by atoms with E-state index in [2.05, 4.69) is 15.5 Å². The molecule has 0 radical (unpaired) electrons. The van der Waals surface area contributed by atoms with E-state index < -0.39 is 0 Å². The molecular formula is C10H12N4O3. The lowest BCUT2D eigenvalue weighted by Gasteiger charge is -2.09. The molecule has 1 aromatic heterocycles. The van der Waals surface area contributed by atoms with Gasteiger partial charge in [-0.2, -0.15) is 0 Å². The minimum absolute atomic E-state index is 0.0000199. The van der Waals surface area contributed by atoms with E-state index in [1.807, 2.05) is 0 Å². The Morgan fingerprint density at radius 3 is 2.65 bits per heavy atom. The first kappa shape index (κ1) is 11.1. The van der Waals surface area contributed by atoms with Gasteiger partial charge >= 0.3 is 12.0 Å². The van der Waals surface area contributed by atoms with Gasteiger partial charge in [0.15, 0.2) is 0 Å². The van der Waals surface area contributed by atoms with Crippen LogP contribution in [-0.2, 0) is 0 Å². The number of nitrogen functional groups attached to an aromatic ring is 1. The third-order valence-corrected chi connectivity index (χ3v) is 2.09. The first-order chi connectivity index (χ1) is 8.22. The summed E-state index contributed by atoms with van der Waals surface area (Å²) >= 11 is 0. The van der Waals surface area contributed by atoms with Crippen LogP contribution in [0, 0.1) is 0 Å². The number of benzene rings is 1. The number of hydrogen-bond acceptors (Lipinski definition) is 7. The predicted molar refractivity (Wildman–Crippen MR) is 61.5 cm³/mol. The molecule has 0 fully saturated rings. The summed E-state index contributed by atoms with van der Waals surface area (Å²) in [4.78, 5) is 0. The maximum Gasteiger partial charge on any atom is 0.321 e. The Kier molecular flexibility index (Phi) is 2.99. The molecule has 17 heavy (non-hydrogen) atoms. The smallest absolute Gasteiger partial charge is 0.321 e. The van der Waals surface area contributed by atoms with Gasteiger partial charge < -0.3 is 24.9 Å². The van der Waals surface area contributed by atoms with Crippen LogP contribution in [0.5, 0.6) is 11.5 Å².